The van der Waals surface area contributed by atoms with E-state index in [0.29, 0.717) is 0 Å². The van der Waals surface area contributed by atoms with Crippen LogP contribution in [0.1, 0.15) is 52.3 Å². The van der Waals surface area contributed by atoms with Crippen LogP contribution in [0.2, 0.25) is 0 Å². The lowest BCUT2D eigenvalue weighted by molar-refractivity contribution is 0.0528. The lowest BCUT2D eigenvalue weighted by atomic mass is 10.1. The highest BCUT2D eigenvalue weighted by Gasteiger charge is 2.23. The number of rotatable bonds is 5. The summed E-state index contributed by atoms with van der Waals surface area (Å²) in [6.45, 7) is 5.72. The molecule has 0 aliphatic rings. The molecule has 0 aliphatic carbocycles. The van der Waals surface area contributed by atoms with Gasteiger partial charge >= 0.3 is 5.97 Å². The minimum absolute atomic E-state index is 0.124. The van der Waals surface area contributed by atoms with Gasteiger partial charge in [0.15, 0.2) is 0 Å². The number of thiophene rings is 1. The van der Waals surface area contributed by atoms with Crippen LogP contribution in [0.4, 0.5) is 13.8 Å². The zero-order valence-corrected chi connectivity index (χ0v) is 14.3. The highest BCUT2D eigenvalue weighted by atomic mass is 32.1. The standard InChI is InChI=1S/C17H17F2NO3S/c1-4-23-17(22)10-8-13(9(2)3)24-16(10)20-15(21)14-11(18)6-5-7-12(14)19/h5-9H,4H2,1-3H3,(H,20,21). The number of anilines is 1. The van der Waals surface area contributed by atoms with Gasteiger partial charge in [0.05, 0.1) is 12.2 Å². The highest BCUT2D eigenvalue weighted by Crippen LogP contribution is 2.34. The Hall–Kier alpha value is -2.28. The molecule has 0 atom stereocenters. The Balaban J connectivity index is 2.37. The largest absolute Gasteiger partial charge is 0.462 e. The Morgan fingerprint density at radius 2 is 1.88 bits per heavy atom. The molecule has 0 saturated heterocycles. The maximum absolute atomic E-state index is 13.7. The Kier molecular flexibility index (Phi) is 5.66. The zero-order chi connectivity index (χ0) is 17.9. The van der Waals surface area contributed by atoms with Gasteiger partial charge in [-0.15, -0.1) is 11.3 Å². The van der Waals surface area contributed by atoms with E-state index in [2.05, 4.69) is 5.32 Å². The van der Waals surface area contributed by atoms with Gasteiger partial charge in [0.1, 0.15) is 22.2 Å². The second kappa shape index (κ2) is 7.53. The first-order valence-corrected chi connectivity index (χ1v) is 8.23. The van der Waals surface area contributed by atoms with Crippen molar-refractivity contribution in [2.75, 3.05) is 11.9 Å². The van der Waals surface area contributed by atoms with Crippen molar-refractivity contribution in [3.63, 3.8) is 0 Å². The summed E-state index contributed by atoms with van der Waals surface area (Å²) in [5.74, 6) is -3.35. The molecular weight excluding hydrogens is 336 g/mol. The molecule has 1 heterocycles. The SMILES string of the molecule is CCOC(=O)c1cc(C(C)C)sc1NC(=O)c1c(F)cccc1F. The molecule has 0 aliphatic heterocycles. The third-order valence-electron chi connectivity index (χ3n) is 3.23. The van der Waals surface area contributed by atoms with E-state index in [1.54, 1.807) is 13.0 Å². The summed E-state index contributed by atoms with van der Waals surface area (Å²) in [6.07, 6.45) is 0. The first-order chi connectivity index (χ1) is 11.3. The summed E-state index contributed by atoms with van der Waals surface area (Å²) in [4.78, 5) is 25.1. The number of esters is 1. The first-order valence-electron chi connectivity index (χ1n) is 7.41. The smallest absolute Gasteiger partial charge is 0.341 e. The van der Waals surface area contributed by atoms with Crippen LogP contribution in [-0.4, -0.2) is 18.5 Å². The van der Waals surface area contributed by atoms with Crippen LogP contribution >= 0.6 is 11.3 Å². The van der Waals surface area contributed by atoms with Crippen molar-refractivity contribution in [3.05, 3.63) is 51.9 Å². The van der Waals surface area contributed by atoms with Gasteiger partial charge in [-0.1, -0.05) is 19.9 Å². The maximum Gasteiger partial charge on any atom is 0.341 e. The van der Waals surface area contributed by atoms with Gasteiger partial charge in [-0.3, -0.25) is 4.79 Å². The molecule has 0 fully saturated rings. The van der Waals surface area contributed by atoms with E-state index in [0.717, 1.165) is 17.0 Å². The molecule has 0 unspecified atom stereocenters. The molecule has 128 valence electrons. The van der Waals surface area contributed by atoms with Crippen molar-refractivity contribution in [2.45, 2.75) is 26.7 Å². The molecule has 1 aromatic heterocycles. The number of nitrogens with one attached hydrogen (secondary N) is 1. The monoisotopic (exact) mass is 353 g/mol. The van der Waals surface area contributed by atoms with E-state index >= 15 is 0 Å². The molecule has 0 radical (unpaired) electrons. The zero-order valence-electron chi connectivity index (χ0n) is 13.5. The maximum atomic E-state index is 13.7. The fourth-order valence-corrected chi connectivity index (χ4v) is 3.07. The van der Waals surface area contributed by atoms with Crippen LogP contribution in [0.25, 0.3) is 0 Å². The Labute approximate surface area is 142 Å². The Morgan fingerprint density at radius 1 is 1.25 bits per heavy atom. The van der Waals surface area contributed by atoms with Crippen molar-refractivity contribution in [3.8, 4) is 0 Å². The Morgan fingerprint density at radius 3 is 2.42 bits per heavy atom. The average molecular weight is 353 g/mol. The lowest BCUT2D eigenvalue weighted by Crippen LogP contribution is -2.17. The molecule has 1 aromatic carbocycles. The van der Waals surface area contributed by atoms with Crippen LogP contribution in [0.3, 0.4) is 0 Å². The van der Waals surface area contributed by atoms with Gasteiger partial charge in [0.25, 0.3) is 5.91 Å². The third kappa shape index (κ3) is 3.79. The lowest BCUT2D eigenvalue weighted by Gasteiger charge is -2.07. The number of benzene rings is 1. The first kappa shape index (κ1) is 18.1. The van der Waals surface area contributed by atoms with Crippen LogP contribution in [0.5, 0.6) is 0 Å². The number of carbonyl (C=O) groups is 2. The predicted octanol–water partition coefficient (Wildman–Crippen LogP) is 4.58. The molecule has 2 rings (SSSR count). The topological polar surface area (TPSA) is 55.4 Å². The van der Waals surface area contributed by atoms with E-state index in [4.69, 9.17) is 4.74 Å². The molecular formula is C17H17F2NO3S. The van der Waals surface area contributed by atoms with Crippen LogP contribution in [-0.2, 0) is 4.74 Å². The van der Waals surface area contributed by atoms with Gasteiger partial charge in [-0.2, -0.15) is 0 Å². The normalized spacial score (nSPS) is 10.8. The van der Waals surface area contributed by atoms with E-state index in [9.17, 15) is 18.4 Å². The predicted molar refractivity (Wildman–Crippen MR) is 88.7 cm³/mol. The summed E-state index contributed by atoms with van der Waals surface area (Å²) in [5, 5.41) is 2.63. The van der Waals surface area contributed by atoms with E-state index in [1.807, 2.05) is 13.8 Å². The molecule has 0 spiro atoms. The summed E-state index contributed by atoms with van der Waals surface area (Å²) < 4.78 is 32.4. The molecule has 7 heteroatoms. The molecule has 1 N–H and O–H groups in total. The fraction of sp³-hybridized carbons (Fsp3) is 0.294. The van der Waals surface area contributed by atoms with E-state index in [1.165, 1.54) is 17.4 Å². The average Bonchev–Trinajstić information content (AvgIpc) is 2.91. The Bertz CT molecular complexity index is 751. The molecule has 0 bridgehead atoms. The van der Waals surface area contributed by atoms with Gasteiger partial charge in [-0.25, -0.2) is 13.6 Å². The fourth-order valence-electron chi connectivity index (χ4n) is 2.03. The summed E-state index contributed by atoms with van der Waals surface area (Å²) >= 11 is 1.18. The molecule has 24 heavy (non-hydrogen) atoms. The quantitative estimate of drug-likeness (QED) is 0.801. The van der Waals surface area contributed by atoms with Crippen molar-refractivity contribution in [1.29, 1.82) is 0 Å². The number of amides is 1. The molecule has 1 amide bonds. The highest BCUT2D eigenvalue weighted by molar-refractivity contribution is 7.16. The van der Waals surface area contributed by atoms with Crippen LogP contribution in [0.15, 0.2) is 24.3 Å². The van der Waals surface area contributed by atoms with Crippen molar-refractivity contribution in [1.82, 2.24) is 0 Å². The summed E-state index contributed by atoms with van der Waals surface area (Å²) in [6, 6.07) is 4.80. The second-order valence-corrected chi connectivity index (χ2v) is 6.40. The minimum atomic E-state index is -0.967. The number of ether oxygens (including phenoxy) is 1. The number of hydrogen-bond acceptors (Lipinski definition) is 4. The second-order valence-electron chi connectivity index (χ2n) is 5.32. The minimum Gasteiger partial charge on any atom is -0.462 e. The van der Waals surface area contributed by atoms with Crippen molar-refractivity contribution < 1.29 is 23.1 Å². The van der Waals surface area contributed by atoms with Gasteiger partial charge in [-0.05, 0) is 31.0 Å². The van der Waals surface area contributed by atoms with Gasteiger partial charge in [0.2, 0.25) is 0 Å². The van der Waals surface area contributed by atoms with Gasteiger partial charge in [0, 0.05) is 4.88 Å². The molecule has 2 aromatic rings. The number of carbonyl (C=O) groups excluding carboxylic acids is 2. The summed E-state index contributed by atoms with van der Waals surface area (Å²) in [7, 11) is 0. The molecule has 0 saturated carbocycles. The van der Waals surface area contributed by atoms with E-state index in [-0.39, 0.29) is 23.1 Å². The van der Waals surface area contributed by atoms with E-state index < -0.39 is 29.1 Å². The number of hydrogen-bond donors (Lipinski definition) is 1. The molecule has 4 nitrogen and oxygen atoms in total. The van der Waals surface area contributed by atoms with Crippen molar-refractivity contribution >= 4 is 28.2 Å². The van der Waals surface area contributed by atoms with Crippen LogP contribution in [0, 0.1) is 11.6 Å². The summed E-state index contributed by atoms with van der Waals surface area (Å²) in [5.41, 5.74) is -0.512. The van der Waals surface area contributed by atoms with Crippen LogP contribution < -0.4 is 5.32 Å². The third-order valence-corrected chi connectivity index (χ3v) is 4.58. The van der Waals surface area contributed by atoms with Gasteiger partial charge < -0.3 is 10.1 Å². The van der Waals surface area contributed by atoms with Crippen molar-refractivity contribution in [2.24, 2.45) is 0 Å². The number of halogens is 2.